The molecule has 3 atom stereocenters. The first-order valence-corrected chi connectivity index (χ1v) is 10.7. The van der Waals surface area contributed by atoms with E-state index in [1.807, 2.05) is 0 Å². The van der Waals surface area contributed by atoms with Crippen molar-refractivity contribution in [3.8, 4) is 0 Å². The molecule has 1 fully saturated rings. The van der Waals surface area contributed by atoms with Gasteiger partial charge in [0, 0.05) is 12.0 Å². The van der Waals surface area contributed by atoms with Crippen molar-refractivity contribution >= 4 is 23.3 Å². The lowest BCUT2D eigenvalue weighted by Gasteiger charge is -2.28. The predicted molar refractivity (Wildman–Crippen MR) is 113 cm³/mol. The van der Waals surface area contributed by atoms with Gasteiger partial charge < -0.3 is 0 Å². The van der Waals surface area contributed by atoms with Crippen LogP contribution >= 0.6 is 0 Å². The molecule has 2 amide bonds. The monoisotopic (exact) mass is 495 g/mol. The van der Waals surface area contributed by atoms with Gasteiger partial charge in [0.05, 0.1) is 28.7 Å². The van der Waals surface area contributed by atoms with Gasteiger partial charge in [0.2, 0.25) is 11.8 Å². The minimum Gasteiger partial charge on any atom is -0.294 e. The van der Waals surface area contributed by atoms with Crippen molar-refractivity contribution in [2.45, 2.75) is 32.1 Å². The molecule has 1 saturated heterocycles. The Bertz CT molecular complexity index is 1180. The average Bonchev–Trinajstić information content (AvgIpc) is 3.02. The Morgan fingerprint density at radius 1 is 0.914 bits per heavy atom. The third-order valence-electron chi connectivity index (χ3n) is 6.33. The lowest BCUT2D eigenvalue weighted by atomic mass is 9.72. The van der Waals surface area contributed by atoms with E-state index < -0.39 is 58.7 Å². The molecule has 2 aromatic rings. The first-order valence-electron chi connectivity index (χ1n) is 10.7. The van der Waals surface area contributed by atoms with Gasteiger partial charge in [-0.25, -0.2) is 4.90 Å². The largest absolute Gasteiger partial charge is 0.416 e. The molecule has 2 aromatic carbocycles. The first kappa shape index (κ1) is 24.7. The normalized spacial score (nSPS) is 22.8. The number of allylic oxidation sites excluding steroid dienone is 2. The van der Waals surface area contributed by atoms with E-state index >= 15 is 0 Å². The smallest absolute Gasteiger partial charge is 0.294 e. The predicted octanol–water partition coefficient (Wildman–Crippen LogP) is 6.07. The fraction of sp³-hybridized carbons (Fsp3) is 0.320. The van der Waals surface area contributed by atoms with Crippen molar-refractivity contribution < 1.29 is 40.7 Å². The summed E-state index contributed by atoms with van der Waals surface area (Å²) in [7, 11) is 0. The van der Waals surface area contributed by atoms with Crippen molar-refractivity contribution in [1.82, 2.24) is 0 Å². The number of anilines is 1. The molecule has 1 heterocycles. The Balaban J connectivity index is 1.72. The van der Waals surface area contributed by atoms with Crippen LogP contribution in [0.1, 0.15) is 41.3 Å². The minimum atomic E-state index is -5.13. The number of benzene rings is 2. The summed E-state index contributed by atoms with van der Waals surface area (Å²) < 4.78 is 80.0. The molecule has 0 saturated carbocycles. The quantitative estimate of drug-likeness (QED) is 0.224. The fourth-order valence-corrected chi connectivity index (χ4v) is 4.79. The summed E-state index contributed by atoms with van der Waals surface area (Å²) in [6.07, 6.45) is -8.59. The van der Waals surface area contributed by atoms with E-state index in [0.717, 1.165) is 0 Å². The van der Waals surface area contributed by atoms with E-state index in [2.05, 4.69) is 0 Å². The summed E-state index contributed by atoms with van der Waals surface area (Å²) in [5.74, 6) is -4.86. The Morgan fingerprint density at radius 3 is 2.03 bits per heavy atom. The van der Waals surface area contributed by atoms with Crippen molar-refractivity contribution in [3.05, 3.63) is 76.9 Å². The maximum absolute atomic E-state index is 13.3. The maximum Gasteiger partial charge on any atom is 0.416 e. The van der Waals surface area contributed by atoms with Gasteiger partial charge in [0.15, 0.2) is 5.78 Å². The van der Waals surface area contributed by atoms with E-state index in [4.69, 9.17) is 0 Å². The Hall–Kier alpha value is -3.43. The molecule has 184 valence electrons. The number of ketones is 1. The van der Waals surface area contributed by atoms with E-state index in [-0.39, 0.29) is 24.7 Å². The van der Waals surface area contributed by atoms with E-state index in [1.165, 1.54) is 0 Å². The molecule has 0 unspecified atom stereocenters. The van der Waals surface area contributed by atoms with Gasteiger partial charge in [0.25, 0.3) is 0 Å². The molecule has 0 radical (unpaired) electrons. The molecule has 4 nitrogen and oxygen atoms in total. The van der Waals surface area contributed by atoms with Gasteiger partial charge in [-0.05, 0) is 37.5 Å². The van der Waals surface area contributed by atoms with E-state index in [1.54, 1.807) is 43.3 Å². The summed E-state index contributed by atoms with van der Waals surface area (Å²) in [6.45, 7) is 1.70. The number of rotatable bonds is 4. The number of fused-ring (bicyclic) bond motifs is 1. The number of amides is 2. The standard InChI is InChI=1S/C25H19F6NO3/c1-13-7-15(9-20(33)14-5-3-2-4-6-14)21-19(8-13)22(34)32(23(21)35)18-11-16(24(26,27)28)10-17(12-18)25(29,30)31/h2-7,10-12,15,19,21H,8-9H2,1H3/t15-,19-,21+/m1/s1. The van der Waals surface area contributed by atoms with Crippen LogP contribution in [0, 0.1) is 17.8 Å². The van der Waals surface area contributed by atoms with Gasteiger partial charge in [-0.2, -0.15) is 26.3 Å². The van der Waals surface area contributed by atoms with E-state index in [0.29, 0.717) is 28.2 Å². The number of hydrogen-bond donors (Lipinski definition) is 0. The topological polar surface area (TPSA) is 54.5 Å². The Kier molecular flexibility index (Phi) is 6.11. The molecular formula is C25H19F6NO3. The van der Waals surface area contributed by atoms with Crippen molar-refractivity contribution in [2.24, 2.45) is 17.8 Å². The van der Waals surface area contributed by atoms with Crippen LogP contribution in [0.15, 0.2) is 60.2 Å². The van der Waals surface area contributed by atoms with Crippen molar-refractivity contribution in [1.29, 1.82) is 0 Å². The van der Waals surface area contributed by atoms with Crippen LogP contribution in [0.5, 0.6) is 0 Å². The summed E-state index contributed by atoms with van der Waals surface area (Å²) >= 11 is 0. The number of imide groups is 1. The van der Waals surface area contributed by atoms with Crippen molar-refractivity contribution in [3.63, 3.8) is 0 Å². The minimum absolute atomic E-state index is 0.0609. The highest BCUT2D eigenvalue weighted by molar-refractivity contribution is 6.22. The van der Waals surface area contributed by atoms with Crippen LogP contribution in [0.25, 0.3) is 0 Å². The Labute approximate surface area is 196 Å². The van der Waals surface area contributed by atoms with Crippen LogP contribution in [0.4, 0.5) is 32.0 Å². The highest BCUT2D eigenvalue weighted by atomic mass is 19.4. The van der Waals surface area contributed by atoms with Gasteiger partial charge in [-0.15, -0.1) is 0 Å². The van der Waals surface area contributed by atoms with Crippen LogP contribution in [-0.4, -0.2) is 17.6 Å². The second-order valence-corrected chi connectivity index (χ2v) is 8.78. The maximum atomic E-state index is 13.3. The van der Waals surface area contributed by atoms with Gasteiger partial charge in [-0.3, -0.25) is 14.4 Å². The number of alkyl halides is 6. The molecule has 2 aliphatic rings. The molecule has 35 heavy (non-hydrogen) atoms. The summed E-state index contributed by atoms with van der Waals surface area (Å²) in [6, 6.07) is 8.90. The van der Waals surface area contributed by atoms with Crippen molar-refractivity contribution in [2.75, 3.05) is 4.90 Å². The van der Waals surface area contributed by atoms with Gasteiger partial charge in [-0.1, -0.05) is 42.0 Å². The zero-order valence-corrected chi connectivity index (χ0v) is 18.3. The zero-order chi connectivity index (χ0) is 25.7. The van der Waals surface area contributed by atoms with Crippen LogP contribution in [0.2, 0.25) is 0 Å². The SMILES string of the molecule is CC1=C[C@H](CC(=O)c2ccccc2)[C@@H]2C(=O)N(c3cc(C(F)(F)F)cc(C(F)(F)F)c3)C(=O)[C@@H]2C1. The molecule has 10 heteroatoms. The third kappa shape index (κ3) is 4.74. The second kappa shape index (κ2) is 8.66. The molecule has 0 N–H and O–H groups in total. The molecule has 0 spiro atoms. The summed E-state index contributed by atoms with van der Waals surface area (Å²) in [4.78, 5) is 39.6. The number of halogens is 6. The molecule has 0 bridgehead atoms. The number of Topliss-reactive ketones (excluding diaryl/α,β-unsaturated/α-hetero) is 1. The van der Waals surface area contributed by atoms with Gasteiger partial charge in [0.1, 0.15) is 0 Å². The molecule has 1 aliphatic heterocycles. The van der Waals surface area contributed by atoms with Crippen LogP contribution < -0.4 is 4.90 Å². The Morgan fingerprint density at radius 2 is 1.49 bits per heavy atom. The molecule has 0 aromatic heterocycles. The number of hydrogen-bond acceptors (Lipinski definition) is 3. The summed E-state index contributed by atoms with van der Waals surface area (Å²) in [5, 5.41) is 0. The van der Waals surface area contributed by atoms with Crippen LogP contribution in [0.3, 0.4) is 0 Å². The highest BCUT2D eigenvalue weighted by Crippen LogP contribution is 2.46. The first-order chi connectivity index (χ1) is 16.3. The lowest BCUT2D eigenvalue weighted by molar-refractivity contribution is -0.143. The average molecular weight is 495 g/mol. The second-order valence-electron chi connectivity index (χ2n) is 8.78. The number of carbonyl (C=O) groups excluding carboxylic acids is 3. The third-order valence-corrected chi connectivity index (χ3v) is 6.33. The molecular weight excluding hydrogens is 476 g/mol. The lowest BCUT2D eigenvalue weighted by Crippen LogP contribution is -2.33. The van der Waals surface area contributed by atoms with E-state index in [9.17, 15) is 40.7 Å². The van der Waals surface area contributed by atoms with Crippen LogP contribution in [-0.2, 0) is 21.9 Å². The fourth-order valence-electron chi connectivity index (χ4n) is 4.79. The number of carbonyl (C=O) groups is 3. The zero-order valence-electron chi connectivity index (χ0n) is 18.3. The molecule has 1 aliphatic carbocycles. The number of nitrogens with zero attached hydrogens (tertiary/aromatic N) is 1. The highest BCUT2D eigenvalue weighted by Gasteiger charge is 2.53. The molecule has 4 rings (SSSR count). The summed E-state index contributed by atoms with van der Waals surface area (Å²) in [5.41, 5.74) is -2.93. The van der Waals surface area contributed by atoms with Gasteiger partial charge >= 0.3 is 12.4 Å².